The van der Waals surface area contributed by atoms with Gasteiger partial charge >= 0.3 is 0 Å². The van der Waals surface area contributed by atoms with Gasteiger partial charge < -0.3 is 24.3 Å². The van der Waals surface area contributed by atoms with Gasteiger partial charge in [0, 0.05) is 30.7 Å². The maximum Gasteiger partial charge on any atom is 0.192 e. The number of allylic oxidation sites excluding steroid dienone is 3. The fraction of sp³-hybridized carbons (Fsp3) is 0.621. The fourth-order valence-corrected chi connectivity index (χ4v) is 8.64. The Morgan fingerprint density at radius 1 is 1.17 bits per heavy atom. The van der Waals surface area contributed by atoms with E-state index in [0.29, 0.717) is 18.7 Å². The molecule has 1 aromatic heterocycles. The molecule has 2 aromatic rings. The predicted molar refractivity (Wildman–Crippen MR) is 134 cm³/mol. The fourth-order valence-electron chi connectivity index (χ4n) is 8.64. The number of rotatable bonds is 2. The lowest BCUT2D eigenvalue weighted by molar-refractivity contribution is -0.282. The molecule has 3 fully saturated rings. The Hall–Kier alpha value is -2.06. The standard InChI is InChI=1S/C29H35FN2O4/c1-16-31-20-13-17(5-7-22(20)35-16)19-6-8-23-26(19,2)10-9-18-14-29(30)25(34)24(33)21(32(3)4)15-27(29)11-12-28(18,23)36-27/h5-7,9,13,21,23-25,33-34H,8,10-12,14-15H2,1-4H3. The van der Waals surface area contributed by atoms with Crippen molar-refractivity contribution < 1.29 is 23.8 Å². The molecule has 3 heterocycles. The van der Waals surface area contributed by atoms with Gasteiger partial charge in [0.15, 0.2) is 17.1 Å². The molecule has 2 spiro atoms. The number of halogens is 1. The lowest BCUT2D eigenvalue weighted by Crippen LogP contribution is -2.73. The zero-order chi connectivity index (χ0) is 25.3. The molecule has 5 aliphatic rings. The van der Waals surface area contributed by atoms with Crippen LogP contribution >= 0.6 is 0 Å². The molecular weight excluding hydrogens is 459 g/mol. The first-order valence-corrected chi connectivity index (χ1v) is 13.2. The number of nitrogens with zero attached hydrogens (tertiary/aromatic N) is 2. The van der Waals surface area contributed by atoms with E-state index in [1.807, 2.05) is 32.0 Å². The quantitative estimate of drug-likeness (QED) is 0.605. The van der Waals surface area contributed by atoms with Crippen LogP contribution < -0.4 is 0 Å². The number of aliphatic hydroxyl groups is 2. The van der Waals surface area contributed by atoms with Crippen molar-refractivity contribution in [3.63, 3.8) is 0 Å². The molecule has 3 aliphatic carbocycles. The third kappa shape index (κ3) is 2.62. The number of aliphatic hydroxyl groups excluding tert-OH is 2. The number of likely N-dealkylation sites (N-methyl/N-ethyl adjacent to an activating group) is 1. The Balaban J connectivity index is 1.29. The maximum absolute atomic E-state index is 16.9. The topological polar surface area (TPSA) is 79.0 Å². The van der Waals surface area contributed by atoms with Gasteiger partial charge in [0.25, 0.3) is 0 Å². The van der Waals surface area contributed by atoms with Gasteiger partial charge in [-0.3, -0.25) is 0 Å². The summed E-state index contributed by atoms with van der Waals surface area (Å²) < 4.78 is 29.6. The molecule has 2 saturated heterocycles. The number of hydrogen-bond donors (Lipinski definition) is 2. The lowest BCUT2D eigenvalue weighted by Gasteiger charge is -2.61. The van der Waals surface area contributed by atoms with Gasteiger partial charge in [0.2, 0.25) is 0 Å². The van der Waals surface area contributed by atoms with Crippen molar-refractivity contribution in [3.05, 3.63) is 47.4 Å². The van der Waals surface area contributed by atoms with Crippen molar-refractivity contribution >= 4 is 16.7 Å². The second-order valence-corrected chi connectivity index (χ2v) is 12.4. The van der Waals surface area contributed by atoms with Crippen LogP contribution in [0.1, 0.15) is 56.9 Å². The summed E-state index contributed by atoms with van der Waals surface area (Å²) in [6.07, 6.45) is 5.40. The van der Waals surface area contributed by atoms with Crippen LogP contribution in [0.4, 0.5) is 4.39 Å². The highest BCUT2D eigenvalue weighted by Gasteiger charge is 2.76. The molecular formula is C29H35FN2O4. The normalized spacial score (nSPS) is 45.3. The monoisotopic (exact) mass is 494 g/mol. The molecule has 8 unspecified atom stereocenters. The summed E-state index contributed by atoms with van der Waals surface area (Å²) in [7, 11) is 3.75. The number of benzene rings is 1. The molecule has 192 valence electrons. The average Bonchev–Trinajstić information content (AvgIpc) is 3.49. The predicted octanol–water partition coefficient (Wildman–Crippen LogP) is 4.33. The van der Waals surface area contributed by atoms with E-state index in [-0.39, 0.29) is 23.8 Å². The first-order valence-electron chi connectivity index (χ1n) is 13.2. The number of aromatic nitrogens is 1. The van der Waals surface area contributed by atoms with Crippen molar-refractivity contribution in [1.29, 1.82) is 0 Å². The number of oxazole rings is 1. The van der Waals surface area contributed by atoms with Crippen LogP contribution in [0.2, 0.25) is 0 Å². The van der Waals surface area contributed by atoms with E-state index in [2.05, 4.69) is 36.2 Å². The molecule has 2 N–H and O–H groups in total. The molecule has 2 bridgehead atoms. The Bertz CT molecular complexity index is 1330. The minimum atomic E-state index is -1.98. The minimum Gasteiger partial charge on any atom is -0.441 e. The highest BCUT2D eigenvalue weighted by molar-refractivity contribution is 5.82. The van der Waals surface area contributed by atoms with E-state index >= 15 is 4.39 Å². The summed E-state index contributed by atoms with van der Waals surface area (Å²) in [5, 5.41) is 21.9. The molecule has 1 aromatic carbocycles. The summed E-state index contributed by atoms with van der Waals surface area (Å²) in [6.45, 7) is 4.19. The maximum atomic E-state index is 16.9. The van der Waals surface area contributed by atoms with E-state index < -0.39 is 29.1 Å². The zero-order valence-electron chi connectivity index (χ0n) is 21.4. The van der Waals surface area contributed by atoms with E-state index in [0.717, 1.165) is 41.5 Å². The van der Waals surface area contributed by atoms with Gasteiger partial charge in [-0.2, -0.15) is 0 Å². The van der Waals surface area contributed by atoms with Crippen LogP contribution in [0.3, 0.4) is 0 Å². The van der Waals surface area contributed by atoms with E-state index in [4.69, 9.17) is 9.15 Å². The van der Waals surface area contributed by atoms with Gasteiger partial charge in [-0.05, 0) is 75.0 Å². The van der Waals surface area contributed by atoms with Gasteiger partial charge in [-0.1, -0.05) is 25.1 Å². The first-order chi connectivity index (χ1) is 17.0. The Labute approximate surface area is 210 Å². The third-order valence-electron chi connectivity index (χ3n) is 10.5. The van der Waals surface area contributed by atoms with Crippen LogP contribution in [-0.4, -0.2) is 69.3 Å². The molecule has 7 heteroatoms. The second-order valence-electron chi connectivity index (χ2n) is 12.4. The Kier molecular flexibility index (Phi) is 4.53. The second kappa shape index (κ2) is 7.07. The molecule has 8 atom stereocenters. The molecule has 2 aliphatic heterocycles. The summed E-state index contributed by atoms with van der Waals surface area (Å²) in [6, 6.07) is 5.89. The van der Waals surface area contributed by atoms with Crippen LogP contribution in [0, 0.1) is 18.3 Å². The Morgan fingerprint density at radius 3 is 2.75 bits per heavy atom. The van der Waals surface area contributed by atoms with Gasteiger partial charge in [-0.15, -0.1) is 0 Å². The molecule has 1 saturated carbocycles. The van der Waals surface area contributed by atoms with Gasteiger partial charge in [0.05, 0.1) is 11.7 Å². The lowest BCUT2D eigenvalue weighted by atomic mass is 9.56. The van der Waals surface area contributed by atoms with E-state index in [1.54, 1.807) is 0 Å². The zero-order valence-corrected chi connectivity index (χ0v) is 21.4. The Morgan fingerprint density at radius 2 is 1.97 bits per heavy atom. The highest BCUT2D eigenvalue weighted by atomic mass is 19.1. The van der Waals surface area contributed by atoms with Crippen molar-refractivity contribution in [1.82, 2.24) is 9.88 Å². The molecule has 0 radical (unpaired) electrons. The SMILES string of the molecule is Cc1nc2cc(C3=CCC4C3(C)CC=C3CC5(F)C(O)C(O)C(N(C)C)CC56CCC34O6)ccc2o1. The summed E-state index contributed by atoms with van der Waals surface area (Å²) >= 11 is 0. The number of aryl methyl sites for hydroxylation is 1. The molecule has 6 nitrogen and oxygen atoms in total. The average molecular weight is 495 g/mol. The van der Waals surface area contributed by atoms with E-state index in [1.165, 1.54) is 5.57 Å². The smallest absolute Gasteiger partial charge is 0.192 e. The van der Waals surface area contributed by atoms with Crippen LogP contribution in [0.15, 0.2) is 40.3 Å². The van der Waals surface area contributed by atoms with E-state index in [9.17, 15) is 10.2 Å². The van der Waals surface area contributed by atoms with Crippen LogP contribution in [0.25, 0.3) is 16.7 Å². The third-order valence-corrected chi connectivity index (χ3v) is 10.5. The van der Waals surface area contributed by atoms with Gasteiger partial charge in [-0.25, -0.2) is 9.37 Å². The van der Waals surface area contributed by atoms with Crippen molar-refractivity contribution in [2.45, 2.75) is 87.5 Å². The van der Waals surface area contributed by atoms with Crippen LogP contribution in [-0.2, 0) is 4.74 Å². The van der Waals surface area contributed by atoms with Crippen molar-refractivity contribution in [2.75, 3.05) is 14.1 Å². The number of fused-ring (bicyclic) bond motifs is 2. The largest absolute Gasteiger partial charge is 0.441 e. The number of hydrogen-bond acceptors (Lipinski definition) is 6. The molecule has 7 rings (SSSR count). The molecule has 36 heavy (non-hydrogen) atoms. The minimum absolute atomic E-state index is 0.136. The number of alkyl halides is 1. The first kappa shape index (κ1) is 23.1. The summed E-state index contributed by atoms with van der Waals surface area (Å²) in [5.74, 6) is 0.855. The van der Waals surface area contributed by atoms with Crippen LogP contribution in [0.5, 0.6) is 0 Å². The highest BCUT2D eigenvalue weighted by Crippen LogP contribution is 2.70. The number of ether oxygens (including phenoxy) is 1. The van der Waals surface area contributed by atoms with Crippen molar-refractivity contribution in [2.24, 2.45) is 11.3 Å². The summed E-state index contributed by atoms with van der Waals surface area (Å²) in [5.41, 5.74) is 1.34. The van der Waals surface area contributed by atoms with Crippen molar-refractivity contribution in [3.8, 4) is 0 Å². The van der Waals surface area contributed by atoms with Gasteiger partial charge in [0.1, 0.15) is 17.2 Å². The summed E-state index contributed by atoms with van der Waals surface area (Å²) in [4.78, 5) is 6.43. The molecule has 0 amide bonds.